The van der Waals surface area contributed by atoms with Crippen LogP contribution in [0, 0.1) is 5.92 Å². The van der Waals surface area contributed by atoms with E-state index in [4.69, 9.17) is 4.74 Å². The Kier molecular flexibility index (Phi) is 5.46. The number of hydrogen-bond acceptors (Lipinski definition) is 3. The second-order valence-corrected chi connectivity index (χ2v) is 6.27. The molecule has 106 valence electrons. The van der Waals surface area contributed by atoms with Crippen molar-refractivity contribution in [3.8, 4) is 0 Å². The Balaban J connectivity index is 1.72. The van der Waals surface area contributed by atoms with Gasteiger partial charge in [0.15, 0.2) is 0 Å². The molecule has 3 unspecified atom stereocenters. The van der Waals surface area contributed by atoms with Crippen molar-refractivity contribution in [3.05, 3.63) is 0 Å². The largest absolute Gasteiger partial charge is 0.380 e. The van der Waals surface area contributed by atoms with E-state index in [1.807, 2.05) is 7.11 Å². The second kappa shape index (κ2) is 6.88. The molecule has 0 amide bonds. The highest BCUT2D eigenvalue weighted by Crippen LogP contribution is 2.21. The summed E-state index contributed by atoms with van der Waals surface area (Å²) in [5.41, 5.74) is 0. The number of ether oxygens (including phenoxy) is 1. The van der Waals surface area contributed by atoms with Gasteiger partial charge in [0.25, 0.3) is 0 Å². The fourth-order valence-electron chi connectivity index (χ4n) is 3.36. The van der Waals surface area contributed by atoms with Crippen molar-refractivity contribution in [1.82, 2.24) is 10.2 Å². The number of piperidine rings is 1. The fraction of sp³-hybridized carbons (Fsp3) is 1.00. The minimum atomic E-state index is 0.424. The third kappa shape index (κ3) is 3.69. The summed E-state index contributed by atoms with van der Waals surface area (Å²) in [6.07, 6.45) is 7.28. The van der Waals surface area contributed by atoms with Gasteiger partial charge < -0.3 is 10.1 Å². The van der Waals surface area contributed by atoms with Crippen LogP contribution in [0.1, 0.15) is 46.0 Å². The smallest absolute Gasteiger partial charge is 0.0724 e. The van der Waals surface area contributed by atoms with Crippen molar-refractivity contribution in [2.24, 2.45) is 5.92 Å². The van der Waals surface area contributed by atoms with Crippen LogP contribution in [0.5, 0.6) is 0 Å². The van der Waals surface area contributed by atoms with Gasteiger partial charge in [-0.3, -0.25) is 4.90 Å². The van der Waals surface area contributed by atoms with Crippen LogP contribution < -0.4 is 5.32 Å². The van der Waals surface area contributed by atoms with Gasteiger partial charge in [0.1, 0.15) is 0 Å². The number of nitrogens with zero attached hydrogens (tertiary/aromatic N) is 1. The minimum absolute atomic E-state index is 0.424. The normalized spacial score (nSPS) is 32.8. The van der Waals surface area contributed by atoms with Gasteiger partial charge in [-0.15, -0.1) is 0 Å². The Morgan fingerprint density at radius 1 is 1.28 bits per heavy atom. The highest BCUT2D eigenvalue weighted by Gasteiger charge is 2.28. The standard InChI is InChI=1S/C15H30N2O/c1-12-8-9-17(11-15(12)18-3)13(2)10-16-14-6-4-5-7-14/h12-16H,4-11H2,1-3H3. The zero-order chi connectivity index (χ0) is 13.0. The summed E-state index contributed by atoms with van der Waals surface area (Å²) in [7, 11) is 1.85. The van der Waals surface area contributed by atoms with Gasteiger partial charge in [-0.2, -0.15) is 0 Å². The first-order chi connectivity index (χ1) is 8.70. The van der Waals surface area contributed by atoms with Gasteiger partial charge in [-0.25, -0.2) is 0 Å². The van der Waals surface area contributed by atoms with E-state index in [0.29, 0.717) is 18.1 Å². The molecule has 3 atom stereocenters. The quantitative estimate of drug-likeness (QED) is 0.814. The van der Waals surface area contributed by atoms with Crippen LogP contribution in [0.15, 0.2) is 0 Å². The van der Waals surface area contributed by atoms with E-state index < -0.39 is 0 Å². The van der Waals surface area contributed by atoms with Gasteiger partial charge >= 0.3 is 0 Å². The van der Waals surface area contributed by atoms with Crippen LogP contribution in [-0.2, 0) is 4.74 Å². The number of likely N-dealkylation sites (tertiary alicyclic amines) is 1. The van der Waals surface area contributed by atoms with Crippen molar-refractivity contribution in [2.45, 2.75) is 64.1 Å². The number of nitrogens with one attached hydrogen (secondary N) is 1. The second-order valence-electron chi connectivity index (χ2n) is 6.27. The third-order valence-corrected chi connectivity index (χ3v) is 4.90. The monoisotopic (exact) mass is 254 g/mol. The molecule has 1 saturated carbocycles. The molecule has 1 aliphatic carbocycles. The van der Waals surface area contributed by atoms with Gasteiger partial charge in [0.05, 0.1) is 6.10 Å². The maximum absolute atomic E-state index is 5.60. The maximum atomic E-state index is 5.60. The Morgan fingerprint density at radius 3 is 2.67 bits per heavy atom. The number of methoxy groups -OCH3 is 1. The molecule has 1 saturated heterocycles. The molecule has 0 radical (unpaired) electrons. The average Bonchev–Trinajstić information content (AvgIpc) is 2.89. The molecule has 1 aliphatic heterocycles. The maximum Gasteiger partial charge on any atom is 0.0724 e. The zero-order valence-electron chi connectivity index (χ0n) is 12.3. The lowest BCUT2D eigenvalue weighted by atomic mass is 9.95. The van der Waals surface area contributed by atoms with Crippen LogP contribution in [0.4, 0.5) is 0 Å². The van der Waals surface area contributed by atoms with E-state index in [9.17, 15) is 0 Å². The molecule has 0 bridgehead atoms. The summed E-state index contributed by atoms with van der Waals surface area (Å²) < 4.78 is 5.60. The predicted octanol–water partition coefficient (Wildman–Crippen LogP) is 2.26. The van der Waals surface area contributed by atoms with E-state index in [-0.39, 0.29) is 0 Å². The van der Waals surface area contributed by atoms with Crippen molar-refractivity contribution in [1.29, 1.82) is 0 Å². The highest BCUT2D eigenvalue weighted by molar-refractivity contribution is 4.83. The highest BCUT2D eigenvalue weighted by atomic mass is 16.5. The number of hydrogen-bond donors (Lipinski definition) is 1. The van der Waals surface area contributed by atoms with Crippen LogP contribution in [0.25, 0.3) is 0 Å². The summed E-state index contributed by atoms with van der Waals surface area (Å²) in [6.45, 7) is 8.13. The molecule has 2 aliphatic rings. The molecule has 0 spiro atoms. The van der Waals surface area contributed by atoms with Gasteiger partial charge in [-0.1, -0.05) is 19.8 Å². The number of rotatable bonds is 5. The molecule has 0 aromatic rings. The van der Waals surface area contributed by atoms with Gasteiger partial charge in [0.2, 0.25) is 0 Å². The lowest BCUT2D eigenvalue weighted by Gasteiger charge is -2.39. The first-order valence-electron chi connectivity index (χ1n) is 7.71. The zero-order valence-corrected chi connectivity index (χ0v) is 12.3. The van der Waals surface area contributed by atoms with E-state index >= 15 is 0 Å². The molecule has 0 aromatic heterocycles. The van der Waals surface area contributed by atoms with Gasteiger partial charge in [0, 0.05) is 32.3 Å². The van der Waals surface area contributed by atoms with Crippen molar-refractivity contribution >= 4 is 0 Å². The molecule has 1 heterocycles. The average molecular weight is 254 g/mol. The molecular formula is C15H30N2O. The fourth-order valence-corrected chi connectivity index (χ4v) is 3.36. The van der Waals surface area contributed by atoms with E-state index in [2.05, 4.69) is 24.1 Å². The lowest BCUT2D eigenvalue weighted by molar-refractivity contribution is -0.0166. The molecule has 3 nitrogen and oxygen atoms in total. The predicted molar refractivity (Wildman–Crippen MR) is 75.9 cm³/mol. The lowest BCUT2D eigenvalue weighted by Crippen LogP contribution is -2.51. The summed E-state index contributed by atoms with van der Waals surface area (Å²) in [6, 6.07) is 1.42. The summed E-state index contributed by atoms with van der Waals surface area (Å²) >= 11 is 0. The minimum Gasteiger partial charge on any atom is -0.380 e. The van der Waals surface area contributed by atoms with Crippen molar-refractivity contribution < 1.29 is 4.74 Å². The Bertz CT molecular complexity index is 241. The van der Waals surface area contributed by atoms with E-state index in [1.165, 1.54) is 38.6 Å². The molecule has 2 fully saturated rings. The first-order valence-corrected chi connectivity index (χ1v) is 7.71. The van der Waals surface area contributed by atoms with Gasteiger partial charge in [-0.05, 0) is 38.6 Å². The summed E-state index contributed by atoms with van der Waals surface area (Å²) in [5.74, 6) is 0.709. The molecule has 0 aromatic carbocycles. The molecular weight excluding hydrogens is 224 g/mol. The SMILES string of the molecule is COC1CN(C(C)CNC2CCCC2)CCC1C. The van der Waals surface area contributed by atoms with Crippen molar-refractivity contribution in [3.63, 3.8) is 0 Å². The van der Waals surface area contributed by atoms with Crippen LogP contribution >= 0.6 is 0 Å². The van der Waals surface area contributed by atoms with Crippen molar-refractivity contribution in [2.75, 3.05) is 26.7 Å². The molecule has 1 N–H and O–H groups in total. The van der Waals surface area contributed by atoms with Crippen LogP contribution in [0.3, 0.4) is 0 Å². The Hall–Kier alpha value is -0.120. The third-order valence-electron chi connectivity index (χ3n) is 4.90. The molecule has 2 rings (SSSR count). The summed E-state index contributed by atoms with van der Waals surface area (Å²) in [4.78, 5) is 2.59. The topological polar surface area (TPSA) is 24.5 Å². The Labute approximate surface area is 112 Å². The molecule has 3 heteroatoms. The Morgan fingerprint density at radius 2 is 2.00 bits per heavy atom. The van der Waals surface area contributed by atoms with E-state index in [1.54, 1.807) is 0 Å². The molecule has 18 heavy (non-hydrogen) atoms. The van der Waals surface area contributed by atoms with Crippen LogP contribution in [-0.4, -0.2) is 49.8 Å². The van der Waals surface area contributed by atoms with Crippen LogP contribution in [0.2, 0.25) is 0 Å². The first kappa shape index (κ1) is 14.3. The summed E-state index contributed by atoms with van der Waals surface area (Å²) in [5, 5.41) is 3.74. The van der Waals surface area contributed by atoms with E-state index in [0.717, 1.165) is 19.1 Å².